The summed E-state index contributed by atoms with van der Waals surface area (Å²) < 4.78 is 47.0. The van der Waals surface area contributed by atoms with Gasteiger partial charge >= 0.3 is 6.36 Å². The number of benzene rings is 2. The molecule has 0 aliphatic carbocycles. The lowest BCUT2D eigenvalue weighted by molar-refractivity contribution is -0.274. The van der Waals surface area contributed by atoms with Crippen molar-refractivity contribution in [2.24, 2.45) is 10.7 Å². The van der Waals surface area contributed by atoms with E-state index in [2.05, 4.69) is 25.7 Å². The van der Waals surface area contributed by atoms with Crippen molar-refractivity contribution in [3.05, 3.63) is 64.1 Å². The van der Waals surface area contributed by atoms with Crippen LogP contribution < -0.4 is 10.5 Å². The number of nitrogens with two attached hydrogens (primary N) is 1. The van der Waals surface area contributed by atoms with E-state index in [4.69, 9.17) is 10.5 Å². The lowest BCUT2D eigenvalue weighted by atomic mass is 9.84. The molecule has 24 heavy (non-hydrogen) atoms. The number of hydrogen-bond donors (Lipinski definition) is 1. The van der Waals surface area contributed by atoms with E-state index < -0.39 is 11.9 Å². The van der Waals surface area contributed by atoms with Crippen molar-refractivity contribution in [3.63, 3.8) is 0 Å². The summed E-state index contributed by atoms with van der Waals surface area (Å²) in [6, 6.07) is 13.0. The third kappa shape index (κ3) is 3.33. The van der Waals surface area contributed by atoms with Crippen molar-refractivity contribution in [3.8, 4) is 5.75 Å². The highest BCUT2D eigenvalue weighted by molar-refractivity contribution is 9.10. The summed E-state index contributed by atoms with van der Waals surface area (Å²) in [5.41, 5.74) is 6.22. The second kappa shape index (κ2) is 6.01. The minimum absolute atomic E-state index is 0.0330. The van der Waals surface area contributed by atoms with Gasteiger partial charge in [0.1, 0.15) is 12.4 Å². The molecular weight excluding hydrogens is 389 g/mol. The molecule has 126 valence electrons. The van der Waals surface area contributed by atoms with E-state index in [1.807, 2.05) is 24.3 Å². The molecule has 4 nitrogen and oxygen atoms in total. The topological polar surface area (TPSA) is 56.8 Å². The number of amidine groups is 1. The largest absolute Gasteiger partial charge is 0.573 e. The van der Waals surface area contributed by atoms with Crippen LogP contribution in [0.2, 0.25) is 0 Å². The maximum absolute atomic E-state index is 12.3. The van der Waals surface area contributed by atoms with Crippen molar-refractivity contribution in [2.45, 2.75) is 11.9 Å². The van der Waals surface area contributed by atoms with Crippen molar-refractivity contribution >= 4 is 22.0 Å². The summed E-state index contributed by atoms with van der Waals surface area (Å²) in [7, 11) is 0. The van der Waals surface area contributed by atoms with Crippen LogP contribution in [0, 0.1) is 0 Å². The quantitative estimate of drug-likeness (QED) is 0.848. The van der Waals surface area contributed by atoms with E-state index >= 15 is 0 Å². The Kier molecular flexibility index (Phi) is 4.16. The SMILES string of the molecule is NC1=N[C@@](c2ccc(OC(F)(F)F)cc2)(c2cccc(Br)c2)CO1. The molecule has 0 aromatic heterocycles. The molecule has 0 spiro atoms. The Morgan fingerprint density at radius 1 is 1.12 bits per heavy atom. The Balaban J connectivity index is 2.02. The molecule has 0 fully saturated rings. The van der Waals surface area contributed by atoms with Gasteiger partial charge in [0.15, 0.2) is 5.54 Å². The molecule has 0 radical (unpaired) electrons. The standard InChI is InChI=1S/C16H12BrF3N2O2/c17-12-3-1-2-11(8-12)15(9-23-14(21)22-15)10-4-6-13(7-5-10)24-16(18,19)20/h1-8H,9H2,(H2,21,22)/t15-/m0/s1. The summed E-state index contributed by atoms with van der Waals surface area (Å²) >= 11 is 3.40. The zero-order valence-electron chi connectivity index (χ0n) is 12.2. The molecule has 0 unspecified atom stereocenters. The predicted molar refractivity (Wildman–Crippen MR) is 85.6 cm³/mol. The fraction of sp³-hybridized carbons (Fsp3) is 0.188. The monoisotopic (exact) mass is 400 g/mol. The number of nitrogens with zero attached hydrogens (tertiary/aromatic N) is 1. The molecule has 0 bridgehead atoms. The van der Waals surface area contributed by atoms with Gasteiger partial charge < -0.3 is 15.2 Å². The van der Waals surface area contributed by atoms with Gasteiger partial charge in [-0.15, -0.1) is 13.2 Å². The van der Waals surface area contributed by atoms with Crippen molar-refractivity contribution in [2.75, 3.05) is 6.61 Å². The van der Waals surface area contributed by atoms with E-state index in [0.717, 1.165) is 10.0 Å². The Hall–Kier alpha value is -2.22. The van der Waals surface area contributed by atoms with Crippen molar-refractivity contribution in [1.82, 2.24) is 0 Å². The minimum atomic E-state index is -4.73. The first-order valence-electron chi connectivity index (χ1n) is 6.89. The number of aliphatic imine (C=N–C) groups is 1. The second-order valence-electron chi connectivity index (χ2n) is 5.18. The van der Waals surface area contributed by atoms with E-state index in [1.54, 1.807) is 0 Å². The maximum atomic E-state index is 12.3. The van der Waals surface area contributed by atoms with Gasteiger partial charge in [-0.2, -0.15) is 0 Å². The molecule has 1 aliphatic heterocycles. The second-order valence-corrected chi connectivity index (χ2v) is 6.10. The van der Waals surface area contributed by atoms with Crippen LogP contribution in [-0.2, 0) is 10.3 Å². The summed E-state index contributed by atoms with van der Waals surface area (Å²) in [6.45, 7) is 0.161. The molecule has 0 saturated carbocycles. The molecular formula is C16H12BrF3N2O2. The fourth-order valence-electron chi connectivity index (χ4n) is 2.57. The average molecular weight is 401 g/mol. The third-order valence-corrected chi connectivity index (χ3v) is 4.09. The first-order chi connectivity index (χ1) is 11.3. The van der Waals surface area contributed by atoms with Crippen LogP contribution in [0.1, 0.15) is 11.1 Å². The Bertz CT molecular complexity index is 778. The van der Waals surface area contributed by atoms with E-state index in [0.29, 0.717) is 5.56 Å². The highest BCUT2D eigenvalue weighted by Gasteiger charge is 2.40. The Morgan fingerprint density at radius 2 is 1.83 bits per heavy atom. The van der Waals surface area contributed by atoms with Crippen LogP contribution in [0.4, 0.5) is 13.2 Å². The average Bonchev–Trinajstić information content (AvgIpc) is 2.90. The van der Waals surface area contributed by atoms with Crippen LogP contribution in [0.15, 0.2) is 58.0 Å². The number of halogens is 4. The van der Waals surface area contributed by atoms with Gasteiger partial charge in [-0.3, -0.25) is 0 Å². The van der Waals surface area contributed by atoms with Crippen LogP contribution in [0.5, 0.6) is 5.75 Å². The maximum Gasteiger partial charge on any atom is 0.573 e. The smallest absolute Gasteiger partial charge is 0.462 e. The number of alkyl halides is 3. The number of rotatable bonds is 3. The van der Waals surface area contributed by atoms with Gasteiger partial charge in [0, 0.05) is 4.47 Å². The zero-order chi connectivity index (χ0) is 17.4. The Morgan fingerprint density at radius 3 is 2.38 bits per heavy atom. The number of ether oxygens (including phenoxy) is 2. The van der Waals surface area contributed by atoms with Crippen molar-refractivity contribution in [1.29, 1.82) is 0 Å². The Labute approximate surface area is 144 Å². The first-order valence-corrected chi connectivity index (χ1v) is 7.68. The molecule has 2 aromatic rings. The highest BCUT2D eigenvalue weighted by Crippen LogP contribution is 2.39. The van der Waals surface area contributed by atoms with Crippen LogP contribution in [0.3, 0.4) is 0 Å². The molecule has 1 heterocycles. The van der Waals surface area contributed by atoms with Crippen LogP contribution >= 0.6 is 15.9 Å². The molecule has 3 rings (SSSR count). The van der Waals surface area contributed by atoms with Crippen molar-refractivity contribution < 1.29 is 22.6 Å². The van der Waals surface area contributed by atoms with Crippen LogP contribution in [0.25, 0.3) is 0 Å². The van der Waals surface area contributed by atoms with Gasteiger partial charge in [-0.1, -0.05) is 40.2 Å². The third-order valence-electron chi connectivity index (χ3n) is 3.60. The summed E-state index contributed by atoms with van der Waals surface area (Å²) in [5, 5.41) is 0. The fourth-order valence-corrected chi connectivity index (χ4v) is 2.97. The van der Waals surface area contributed by atoms with Gasteiger partial charge in [0.05, 0.1) is 0 Å². The molecule has 2 aromatic carbocycles. The summed E-state index contributed by atoms with van der Waals surface area (Å²) in [4.78, 5) is 4.39. The summed E-state index contributed by atoms with van der Waals surface area (Å²) in [6.07, 6.45) is -4.73. The lowest BCUT2D eigenvalue weighted by Gasteiger charge is -2.25. The van der Waals surface area contributed by atoms with Gasteiger partial charge in [0.2, 0.25) is 0 Å². The molecule has 1 atom stereocenters. The molecule has 1 aliphatic rings. The van der Waals surface area contributed by atoms with Gasteiger partial charge in [0.25, 0.3) is 6.02 Å². The van der Waals surface area contributed by atoms with Crippen LogP contribution in [-0.4, -0.2) is 19.0 Å². The lowest BCUT2D eigenvalue weighted by Crippen LogP contribution is -2.27. The molecule has 0 saturated heterocycles. The van der Waals surface area contributed by atoms with Gasteiger partial charge in [-0.25, -0.2) is 4.99 Å². The highest BCUT2D eigenvalue weighted by atomic mass is 79.9. The minimum Gasteiger partial charge on any atom is -0.462 e. The van der Waals surface area contributed by atoms with E-state index in [-0.39, 0.29) is 18.4 Å². The normalized spacial score (nSPS) is 20.4. The van der Waals surface area contributed by atoms with Gasteiger partial charge in [-0.05, 0) is 35.4 Å². The number of hydrogen-bond acceptors (Lipinski definition) is 4. The summed E-state index contributed by atoms with van der Waals surface area (Å²) in [5.74, 6) is -0.300. The predicted octanol–water partition coefficient (Wildman–Crippen LogP) is 3.94. The first kappa shape index (κ1) is 16.6. The van der Waals surface area contributed by atoms with E-state index in [1.165, 1.54) is 24.3 Å². The van der Waals surface area contributed by atoms with E-state index in [9.17, 15) is 13.2 Å². The molecule has 2 N–H and O–H groups in total. The molecule has 8 heteroatoms. The zero-order valence-corrected chi connectivity index (χ0v) is 13.8. The molecule has 0 amide bonds.